The fourth-order valence-corrected chi connectivity index (χ4v) is 3.04. The molecule has 0 fully saturated rings. The Balaban J connectivity index is 1.85. The molecule has 4 aromatic rings. The van der Waals surface area contributed by atoms with E-state index >= 15 is 0 Å². The van der Waals surface area contributed by atoms with E-state index in [1.165, 1.54) is 20.3 Å². The molecular weight excluding hydrogens is 394 g/mol. The number of carbonyl (C=O) groups is 1. The summed E-state index contributed by atoms with van der Waals surface area (Å²) in [5.74, 6) is 1.30. The van der Waals surface area contributed by atoms with Crippen LogP contribution < -0.4 is 4.74 Å². The predicted molar refractivity (Wildman–Crippen MR) is 116 cm³/mol. The lowest BCUT2D eigenvalue weighted by molar-refractivity contribution is 0.0600. The largest absolute Gasteiger partial charge is 0.507 e. The van der Waals surface area contributed by atoms with E-state index in [0.29, 0.717) is 39.9 Å². The topological polar surface area (TPSA) is 94.4 Å². The van der Waals surface area contributed by atoms with Crippen LogP contribution in [0.15, 0.2) is 72.8 Å². The van der Waals surface area contributed by atoms with E-state index in [0.717, 1.165) is 5.56 Å². The predicted octanol–water partition coefficient (Wildman–Crippen LogP) is 4.37. The quantitative estimate of drug-likeness (QED) is 0.485. The molecule has 0 spiro atoms. The zero-order valence-corrected chi connectivity index (χ0v) is 16.9. The highest BCUT2D eigenvalue weighted by Crippen LogP contribution is 2.32. The van der Waals surface area contributed by atoms with Gasteiger partial charge in [0, 0.05) is 17.2 Å². The number of hydrogen-bond acceptors (Lipinski definition) is 7. The Hall–Kier alpha value is -4.26. The first-order valence-electron chi connectivity index (χ1n) is 9.46. The normalized spacial score (nSPS) is 10.5. The molecule has 0 aliphatic heterocycles. The van der Waals surface area contributed by atoms with Gasteiger partial charge in [-0.3, -0.25) is 0 Å². The molecular formula is C24H19N3O4. The van der Waals surface area contributed by atoms with E-state index < -0.39 is 5.97 Å². The molecule has 0 amide bonds. The standard InChI is InChI=1S/C24H19N3O4/c1-30-18-12-13-19(20(28)14-18)23-26-21(15-6-4-3-5-7-15)25-22(27-23)16-8-10-17(11-9-16)24(29)31-2/h3-14,28H,1-2H3. The first-order chi connectivity index (χ1) is 15.1. The van der Waals surface area contributed by atoms with Gasteiger partial charge in [-0.25, -0.2) is 19.7 Å². The van der Waals surface area contributed by atoms with Crippen molar-refractivity contribution >= 4 is 5.97 Å². The average Bonchev–Trinajstić information content (AvgIpc) is 2.83. The van der Waals surface area contributed by atoms with Crippen LogP contribution >= 0.6 is 0 Å². The Morgan fingerprint density at radius 1 is 0.774 bits per heavy atom. The Bertz CT molecular complexity index is 1230. The minimum Gasteiger partial charge on any atom is -0.507 e. The second-order valence-electron chi connectivity index (χ2n) is 6.62. The van der Waals surface area contributed by atoms with Gasteiger partial charge in [-0.15, -0.1) is 0 Å². The third-order valence-corrected chi connectivity index (χ3v) is 4.68. The summed E-state index contributed by atoms with van der Waals surface area (Å²) in [4.78, 5) is 25.5. The molecule has 0 bridgehead atoms. The first-order valence-corrected chi connectivity index (χ1v) is 9.46. The molecule has 0 unspecified atom stereocenters. The number of aromatic nitrogens is 3. The summed E-state index contributed by atoms with van der Waals surface area (Å²) in [5, 5.41) is 10.5. The molecule has 3 aromatic carbocycles. The third-order valence-electron chi connectivity index (χ3n) is 4.68. The summed E-state index contributed by atoms with van der Waals surface area (Å²) < 4.78 is 9.91. The fourth-order valence-electron chi connectivity index (χ4n) is 3.04. The second-order valence-corrected chi connectivity index (χ2v) is 6.62. The highest BCUT2D eigenvalue weighted by atomic mass is 16.5. The summed E-state index contributed by atoms with van der Waals surface area (Å²) in [7, 11) is 2.86. The minimum atomic E-state index is -0.420. The lowest BCUT2D eigenvalue weighted by Crippen LogP contribution is -2.02. The van der Waals surface area contributed by atoms with Gasteiger partial charge in [-0.05, 0) is 24.3 Å². The van der Waals surface area contributed by atoms with Gasteiger partial charge < -0.3 is 14.6 Å². The first kappa shape index (κ1) is 20.0. The van der Waals surface area contributed by atoms with Gasteiger partial charge in [-0.1, -0.05) is 42.5 Å². The van der Waals surface area contributed by atoms with Crippen molar-refractivity contribution in [3.05, 3.63) is 78.4 Å². The molecule has 1 heterocycles. The van der Waals surface area contributed by atoms with Gasteiger partial charge in [0.1, 0.15) is 11.5 Å². The minimum absolute atomic E-state index is 0.00319. The van der Waals surface area contributed by atoms with Crippen LogP contribution in [0.3, 0.4) is 0 Å². The fraction of sp³-hybridized carbons (Fsp3) is 0.0833. The number of rotatable bonds is 5. The van der Waals surface area contributed by atoms with E-state index in [-0.39, 0.29) is 5.75 Å². The molecule has 0 aliphatic carbocycles. The van der Waals surface area contributed by atoms with Crippen LogP contribution in [-0.4, -0.2) is 40.2 Å². The van der Waals surface area contributed by atoms with Crippen LogP contribution in [-0.2, 0) is 4.74 Å². The molecule has 1 aromatic heterocycles. The van der Waals surface area contributed by atoms with E-state index in [4.69, 9.17) is 9.47 Å². The Morgan fingerprint density at radius 2 is 1.39 bits per heavy atom. The summed E-state index contributed by atoms with van der Waals surface area (Å²) >= 11 is 0. The molecule has 7 heteroatoms. The molecule has 0 saturated carbocycles. The summed E-state index contributed by atoms with van der Waals surface area (Å²) in [6, 6.07) is 21.2. The van der Waals surface area contributed by atoms with Crippen LogP contribution in [0.1, 0.15) is 10.4 Å². The second kappa shape index (κ2) is 8.62. The van der Waals surface area contributed by atoms with Crippen molar-refractivity contribution in [2.45, 2.75) is 0 Å². The van der Waals surface area contributed by atoms with Crippen LogP contribution in [0.25, 0.3) is 34.2 Å². The number of aromatic hydroxyl groups is 1. The number of nitrogens with zero attached hydrogens (tertiary/aromatic N) is 3. The molecule has 7 nitrogen and oxygen atoms in total. The maximum atomic E-state index is 11.7. The number of methoxy groups -OCH3 is 2. The highest BCUT2D eigenvalue weighted by molar-refractivity contribution is 5.89. The SMILES string of the molecule is COC(=O)c1ccc(-c2nc(-c3ccccc3)nc(-c3ccc(OC)cc3O)n2)cc1. The maximum absolute atomic E-state index is 11.7. The van der Waals surface area contributed by atoms with Crippen molar-refractivity contribution < 1.29 is 19.4 Å². The van der Waals surface area contributed by atoms with Crippen LogP contribution in [0.5, 0.6) is 11.5 Å². The molecule has 31 heavy (non-hydrogen) atoms. The van der Waals surface area contributed by atoms with Crippen molar-refractivity contribution in [2.24, 2.45) is 0 Å². The van der Waals surface area contributed by atoms with Crippen molar-refractivity contribution in [1.82, 2.24) is 15.0 Å². The van der Waals surface area contributed by atoms with Crippen LogP contribution in [0.4, 0.5) is 0 Å². The number of phenolic OH excluding ortho intramolecular Hbond substituents is 1. The summed E-state index contributed by atoms with van der Waals surface area (Å²) in [6.07, 6.45) is 0. The maximum Gasteiger partial charge on any atom is 0.337 e. The van der Waals surface area contributed by atoms with E-state index in [1.807, 2.05) is 30.3 Å². The highest BCUT2D eigenvalue weighted by Gasteiger charge is 2.15. The van der Waals surface area contributed by atoms with Crippen molar-refractivity contribution in [2.75, 3.05) is 14.2 Å². The van der Waals surface area contributed by atoms with Gasteiger partial charge in [-0.2, -0.15) is 0 Å². The molecule has 0 radical (unpaired) electrons. The van der Waals surface area contributed by atoms with Gasteiger partial charge in [0.2, 0.25) is 0 Å². The van der Waals surface area contributed by atoms with Crippen molar-refractivity contribution in [3.8, 4) is 45.7 Å². The number of hydrogen-bond donors (Lipinski definition) is 1. The lowest BCUT2D eigenvalue weighted by Gasteiger charge is -2.10. The third kappa shape index (κ3) is 4.20. The smallest absolute Gasteiger partial charge is 0.337 e. The number of ether oxygens (including phenoxy) is 2. The molecule has 0 atom stereocenters. The molecule has 0 saturated heterocycles. The average molecular weight is 413 g/mol. The number of esters is 1. The van der Waals surface area contributed by atoms with Crippen molar-refractivity contribution in [3.63, 3.8) is 0 Å². The zero-order chi connectivity index (χ0) is 21.8. The zero-order valence-electron chi connectivity index (χ0n) is 16.9. The summed E-state index contributed by atoms with van der Waals surface area (Å²) in [6.45, 7) is 0. The van der Waals surface area contributed by atoms with Crippen LogP contribution in [0.2, 0.25) is 0 Å². The Labute approximate surface area is 179 Å². The molecule has 154 valence electrons. The van der Waals surface area contributed by atoms with E-state index in [2.05, 4.69) is 15.0 Å². The van der Waals surface area contributed by atoms with Gasteiger partial charge in [0.25, 0.3) is 0 Å². The van der Waals surface area contributed by atoms with E-state index in [9.17, 15) is 9.90 Å². The van der Waals surface area contributed by atoms with Crippen molar-refractivity contribution in [1.29, 1.82) is 0 Å². The number of carbonyl (C=O) groups excluding carboxylic acids is 1. The van der Waals surface area contributed by atoms with Gasteiger partial charge in [0.15, 0.2) is 17.5 Å². The number of phenols is 1. The molecule has 1 N–H and O–H groups in total. The lowest BCUT2D eigenvalue weighted by atomic mass is 10.1. The molecule has 4 rings (SSSR count). The Morgan fingerprint density at radius 3 is 1.97 bits per heavy atom. The van der Waals surface area contributed by atoms with Gasteiger partial charge >= 0.3 is 5.97 Å². The van der Waals surface area contributed by atoms with E-state index in [1.54, 1.807) is 36.4 Å². The monoisotopic (exact) mass is 413 g/mol. The Kier molecular flexibility index (Phi) is 5.57. The molecule has 0 aliphatic rings. The number of benzene rings is 3. The van der Waals surface area contributed by atoms with Gasteiger partial charge in [0.05, 0.1) is 25.3 Å². The van der Waals surface area contributed by atoms with Crippen LogP contribution in [0, 0.1) is 0 Å². The summed E-state index contributed by atoms with van der Waals surface area (Å²) in [5.41, 5.74) is 2.39.